The van der Waals surface area contributed by atoms with Crippen LogP contribution in [0.15, 0.2) is 34.7 Å². The number of hydrogen-bond acceptors (Lipinski definition) is 5. The van der Waals surface area contributed by atoms with Crippen molar-refractivity contribution in [3.63, 3.8) is 0 Å². The molecule has 7 nitrogen and oxygen atoms in total. The Bertz CT molecular complexity index is 1190. The van der Waals surface area contributed by atoms with Crippen LogP contribution in [0.25, 0.3) is 22.4 Å². The summed E-state index contributed by atoms with van der Waals surface area (Å²) in [7, 11) is -3.59. The molecule has 0 bridgehead atoms. The molecule has 0 spiro atoms. The zero-order valence-corrected chi connectivity index (χ0v) is 17.4. The number of primary amides is 1. The number of fused-ring (bicyclic) bond motifs is 1. The molecule has 0 radical (unpaired) electrons. The van der Waals surface area contributed by atoms with Gasteiger partial charge in [0.25, 0.3) is 5.91 Å². The third kappa shape index (κ3) is 4.09. The minimum Gasteiger partial charge on any atom is -0.437 e. The molecule has 2 aromatic heterocycles. The van der Waals surface area contributed by atoms with Gasteiger partial charge in [-0.2, -0.15) is 4.98 Å². The first-order chi connectivity index (χ1) is 13.4. The summed E-state index contributed by atoms with van der Waals surface area (Å²) in [5, 5.41) is 0.362. The topological polar surface area (TPSA) is 115 Å². The van der Waals surface area contributed by atoms with Crippen LogP contribution in [-0.4, -0.2) is 25.1 Å². The van der Waals surface area contributed by atoms with E-state index in [0.717, 1.165) is 0 Å². The summed E-state index contributed by atoms with van der Waals surface area (Å²) >= 11 is 0. The molecule has 1 aromatic carbocycles. The van der Waals surface area contributed by atoms with Crippen molar-refractivity contribution in [3.05, 3.63) is 47.3 Å². The van der Waals surface area contributed by atoms with E-state index in [1.54, 1.807) is 6.07 Å². The highest BCUT2D eigenvalue weighted by atomic mass is 32.2. The van der Waals surface area contributed by atoms with Gasteiger partial charge in [-0.15, -0.1) is 0 Å². The number of rotatable bonds is 5. The number of sulfonamides is 1. The van der Waals surface area contributed by atoms with E-state index in [4.69, 9.17) is 10.2 Å². The number of furan rings is 1. The number of hydrogen-bond donors (Lipinski definition) is 2. The Morgan fingerprint density at radius 1 is 1.24 bits per heavy atom. The summed E-state index contributed by atoms with van der Waals surface area (Å²) in [5.74, 6) is -1.01. The van der Waals surface area contributed by atoms with Crippen molar-refractivity contribution in [2.75, 3.05) is 10.5 Å². The van der Waals surface area contributed by atoms with Crippen molar-refractivity contribution in [2.45, 2.75) is 33.1 Å². The molecule has 9 heteroatoms. The van der Waals surface area contributed by atoms with Crippen LogP contribution in [0.2, 0.25) is 0 Å². The zero-order chi connectivity index (χ0) is 21.6. The standard InChI is InChI=1S/C20H22FN3O4S/c1-5-29(26,27)24-18-14(20(2,3)4)10-13-15(17(22)25)16(28-19(13)23-18)11-6-8-12(21)9-7-11/h6-10H,5H2,1-4H3,(H2,22,25)(H,23,24). The zero-order valence-electron chi connectivity index (χ0n) is 16.5. The highest BCUT2D eigenvalue weighted by Crippen LogP contribution is 2.38. The summed E-state index contributed by atoms with van der Waals surface area (Å²) in [5.41, 5.74) is 6.30. The molecule has 3 N–H and O–H groups in total. The third-order valence-corrected chi connectivity index (χ3v) is 5.74. The van der Waals surface area contributed by atoms with Gasteiger partial charge in [0, 0.05) is 11.1 Å². The molecule has 3 rings (SSSR count). The first-order valence-electron chi connectivity index (χ1n) is 8.97. The number of nitrogens with one attached hydrogen (secondary N) is 1. The monoisotopic (exact) mass is 419 g/mol. The maximum Gasteiger partial charge on any atom is 0.253 e. The Hall–Kier alpha value is -2.94. The molecule has 29 heavy (non-hydrogen) atoms. The van der Waals surface area contributed by atoms with Crippen LogP contribution < -0.4 is 10.5 Å². The van der Waals surface area contributed by atoms with Gasteiger partial charge in [-0.25, -0.2) is 12.8 Å². The van der Waals surface area contributed by atoms with Crippen molar-refractivity contribution in [3.8, 4) is 11.3 Å². The molecular weight excluding hydrogens is 397 g/mol. The number of aromatic nitrogens is 1. The van der Waals surface area contributed by atoms with Crippen molar-refractivity contribution >= 4 is 32.8 Å². The molecule has 0 atom stereocenters. The number of carbonyl (C=O) groups is 1. The van der Waals surface area contributed by atoms with Gasteiger partial charge in [0.2, 0.25) is 15.7 Å². The lowest BCUT2D eigenvalue weighted by Gasteiger charge is -2.22. The van der Waals surface area contributed by atoms with Gasteiger partial charge >= 0.3 is 0 Å². The summed E-state index contributed by atoms with van der Waals surface area (Å²) < 4.78 is 45.8. The fourth-order valence-electron chi connectivity index (χ4n) is 2.94. The molecule has 0 saturated carbocycles. The van der Waals surface area contributed by atoms with Crippen LogP contribution in [0.1, 0.15) is 43.6 Å². The molecule has 0 saturated heterocycles. The van der Waals surface area contributed by atoms with Crippen molar-refractivity contribution in [2.24, 2.45) is 5.73 Å². The summed E-state index contributed by atoms with van der Waals surface area (Å²) in [6.07, 6.45) is 0. The number of benzene rings is 1. The number of amides is 1. The second-order valence-electron chi connectivity index (χ2n) is 7.67. The van der Waals surface area contributed by atoms with E-state index in [0.29, 0.717) is 16.5 Å². The highest BCUT2D eigenvalue weighted by molar-refractivity contribution is 7.92. The molecule has 1 amide bonds. The Balaban J connectivity index is 2.33. The Morgan fingerprint density at radius 2 is 1.86 bits per heavy atom. The minimum atomic E-state index is -3.59. The van der Waals surface area contributed by atoms with Crippen LogP contribution in [0.3, 0.4) is 0 Å². The van der Waals surface area contributed by atoms with E-state index in [1.807, 2.05) is 20.8 Å². The van der Waals surface area contributed by atoms with E-state index in [9.17, 15) is 17.6 Å². The van der Waals surface area contributed by atoms with Crippen LogP contribution in [0, 0.1) is 5.82 Å². The highest BCUT2D eigenvalue weighted by Gasteiger charge is 2.28. The summed E-state index contributed by atoms with van der Waals surface area (Å²) in [6, 6.07) is 7.06. The minimum absolute atomic E-state index is 0.0555. The molecule has 0 aliphatic heterocycles. The quantitative estimate of drug-likeness (QED) is 0.653. The number of carbonyl (C=O) groups excluding carboxylic acids is 1. The van der Waals surface area contributed by atoms with E-state index < -0.39 is 27.2 Å². The maximum absolute atomic E-state index is 13.3. The van der Waals surface area contributed by atoms with Crippen LogP contribution in [-0.2, 0) is 15.4 Å². The Morgan fingerprint density at radius 3 is 2.38 bits per heavy atom. The second-order valence-corrected chi connectivity index (χ2v) is 9.68. The smallest absolute Gasteiger partial charge is 0.253 e. The molecule has 0 aliphatic rings. The number of anilines is 1. The van der Waals surface area contributed by atoms with Crippen molar-refractivity contribution in [1.82, 2.24) is 4.98 Å². The van der Waals surface area contributed by atoms with Gasteiger partial charge in [-0.05, 0) is 42.7 Å². The van der Waals surface area contributed by atoms with E-state index in [1.165, 1.54) is 31.2 Å². The Kier molecular flexibility index (Phi) is 5.12. The fourth-order valence-corrected chi connectivity index (χ4v) is 3.54. The van der Waals surface area contributed by atoms with Gasteiger partial charge in [0.1, 0.15) is 17.4 Å². The average Bonchev–Trinajstić information content (AvgIpc) is 2.99. The van der Waals surface area contributed by atoms with Crippen LogP contribution in [0.4, 0.5) is 10.2 Å². The largest absolute Gasteiger partial charge is 0.437 e. The molecule has 0 fully saturated rings. The molecule has 0 unspecified atom stereocenters. The molecular formula is C20H22FN3O4S. The Labute approximate surface area is 168 Å². The van der Waals surface area contributed by atoms with Gasteiger partial charge in [-0.1, -0.05) is 20.8 Å². The molecule has 3 aromatic rings. The lowest BCUT2D eigenvalue weighted by molar-refractivity contribution is 0.100. The first kappa shape index (κ1) is 20.8. The van der Waals surface area contributed by atoms with Crippen LogP contribution in [0.5, 0.6) is 0 Å². The van der Waals surface area contributed by atoms with Gasteiger partial charge in [0.05, 0.1) is 16.7 Å². The molecule has 0 aliphatic carbocycles. The van der Waals surface area contributed by atoms with Crippen LogP contribution >= 0.6 is 0 Å². The average molecular weight is 419 g/mol. The lowest BCUT2D eigenvalue weighted by Crippen LogP contribution is -2.21. The predicted molar refractivity (Wildman–Crippen MR) is 110 cm³/mol. The number of pyridine rings is 1. The number of halogens is 1. The number of nitrogens with zero attached hydrogens (tertiary/aromatic N) is 1. The lowest BCUT2D eigenvalue weighted by atomic mass is 9.86. The van der Waals surface area contributed by atoms with E-state index in [2.05, 4.69) is 9.71 Å². The maximum atomic E-state index is 13.3. The van der Waals surface area contributed by atoms with Gasteiger partial charge < -0.3 is 10.2 Å². The predicted octanol–water partition coefficient (Wildman–Crippen LogP) is 3.79. The first-order valence-corrected chi connectivity index (χ1v) is 10.6. The molecule has 154 valence electrons. The van der Waals surface area contributed by atoms with Gasteiger partial charge in [0.15, 0.2) is 0 Å². The van der Waals surface area contributed by atoms with Crippen molar-refractivity contribution < 1.29 is 22.0 Å². The fraction of sp³-hybridized carbons (Fsp3) is 0.300. The summed E-state index contributed by atoms with van der Waals surface area (Å²) in [6.45, 7) is 7.20. The normalized spacial score (nSPS) is 12.3. The van der Waals surface area contributed by atoms with E-state index >= 15 is 0 Å². The molecule has 2 heterocycles. The summed E-state index contributed by atoms with van der Waals surface area (Å²) in [4.78, 5) is 16.5. The SMILES string of the molecule is CCS(=O)(=O)Nc1nc2oc(-c3ccc(F)cc3)c(C(N)=O)c2cc1C(C)(C)C. The van der Waals surface area contributed by atoms with E-state index in [-0.39, 0.29) is 28.6 Å². The third-order valence-electron chi connectivity index (χ3n) is 4.48. The van der Waals surface area contributed by atoms with Gasteiger partial charge in [-0.3, -0.25) is 9.52 Å². The second kappa shape index (κ2) is 7.14. The number of nitrogens with two attached hydrogens (primary N) is 1. The van der Waals surface area contributed by atoms with Crippen molar-refractivity contribution in [1.29, 1.82) is 0 Å².